The lowest BCUT2D eigenvalue weighted by atomic mass is 10.1. The highest BCUT2D eigenvalue weighted by molar-refractivity contribution is 7.89. The van der Waals surface area contributed by atoms with Crippen LogP contribution in [-0.4, -0.2) is 26.3 Å². The van der Waals surface area contributed by atoms with Crippen LogP contribution in [-0.2, 0) is 27.8 Å². The van der Waals surface area contributed by atoms with Crippen LogP contribution in [0, 0.1) is 0 Å². The van der Waals surface area contributed by atoms with E-state index in [2.05, 4.69) is 15.6 Å². The topological polar surface area (TPSA) is 114 Å². The molecule has 0 bridgehead atoms. The van der Waals surface area contributed by atoms with Gasteiger partial charge in [0.25, 0.3) is 11.8 Å². The number of hydrogen-bond acceptors (Lipinski definition) is 5. The van der Waals surface area contributed by atoms with E-state index < -0.39 is 27.9 Å². The highest BCUT2D eigenvalue weighted by Gasteiger charge is 2.29. The number of rotatable bonds is 6. The zero-order chi connectivity index (χ0) is 22.6. The lowest BCUT2D eigenvalue weighted by molar-refractivity contribution is -0.128. The van der Waals surface area contributed by atoms with E-state index in [1.807, 2.05) is 48.5 Å². The van der Waals surface area contributed by atoms with E-state index in [-0.39, 0.29) is 17.0 Å². The molecule has 8 nitrogen and oxygen atoms in total. The molecule has 1 atom stereocenters. The molecule has 2 amide bonds. The van der Waals surface area contributed by atoms with Crippen molar-refractivity contribution in [3.05, 3.63) is 95.6 Å². The lowest BCUT2D eigenvalue weighted by Crippen LogP contribution is -2.47. The Hall–Kier alpha value is -3.69. The second-order valence-electron chi connectivity index (χ2n) is 7.20. The monoisotopic (exact) mass is 451 g/mol. The van der Waals surface area contributed by atoms with Crippen molar-refractivity contribution in [1.82, 2.24) is 15.6 Å². The van der Waals surface area contributed by atoms with Crippen LogP contribution in [0.4, 0.5) is 0 Å². The Morgan fingerprint density at radius 1 is 0.906 bits per heavy atom. The van der Waals surface area contributed by atoms with E-state index in [1.54, 1.807) is 6.07 Å². The molecule has 164 valence electrons. The second-order valence-corrected chi connectivity index (χ2v) is 8.97. The van der Waals surface area contributed by atoms with Crippen LogP contribution in [0.25, 0.3) is 0 Å². The number of hydrogen-bond donors (Lipinski definition) is 3. The number of hydrazine groups is 1. The third-order valence-electron chi connectivity index (χ3n) is 4.95. The van der Waals surface area contributed by atoms with E-state index >= 15 is 0 Å². The van der Waals surface area contributed by atoms with Crippen LogP contribution in [0.15, 0.2) is 83.8 Å². The van der Waals surface area contributed by atoms with Crippen molar-refractivity contribution in [2.45, 2.75) is 24.0 Å². The summed E-state index contributed by atoms with van der Waals surface area (Å²) in [5.41, 5.74) is 6.45. The third kappa shape index (κ3) is 4.96. The molecule has 32 heavy (non-hydrogen) atoms. The average molecular weight is 452 g/mol. The summed E-state index contributed by atoms with van der Waals surface area (Å²) in [6.45, 7) is 0.124. The summed E-state index contributed by atoms with van der Waals surface area (Å²) in [5.74, 6) is -0.503. The molecule has 0 aromatic heterocycles. The Kier molecular flexibility index (Phi) is 6.20. The molecular formula is C23H21N3O5S. The number of benzene rings is 3. The van der Waals surface area contributed by atoms with E-state index in [4.69, 9.17) is 4.74 Å². The molecule has 0 spiro atoms. The number of fused-ring (bicyclic) bond motifs is 1. The van der Waals surface area contributed by atoms with Gasteiger partial charge >= 0.3 is 0 Å². The Balaban J connectivity index is 1.35. The van der Waals surface area contributed by atoms with Crippen LogP contribution < -0.4 is 20.3 Å². The first-order valence-electron chi connectivity index (χ1n) is 9.91. The summed E-state index contributed by atoms with van der Waals surface area (Å²) >= 11 is 0. The first kappa shape index (κ1) is 21.5. The predicted molar refractivity (Wildman–Crippen MR) is 117 cm³/mol. The third-order valence-corrected chi connectivity index (χ3v) is 6.35. The number of carbonyl (C=O) groups excluding carboxylic acids is 2. The molecule has 0 aliphatic carbocycles. The van der Waals surface area contributed by atoms with Crippen molar-refractivity contribution in [2.24, 2.45) is 0 Å². The molecule has 0 radical (unpaired) electrons. The minimum atomic E-state index is -3.83. The van der Waals surface area contributed by atoms with Gasteiger partial charge in [0.15, 0.2) is 6.10 Å². The minimum Gasteiger partial charge on any atom is -0.480 e. The van der Waals surface area contributed by atoms with Crippen molar-refractivity contribution in [3.63, 3.8) is 0 Å². The number of ether oxygens (including phenoxy) is 1. The maximum Gasteiger partial charge on any atom is 0.279 e. The van der Waals surface area contributed by atoms with Gasteiger partial charge in [0.1, 0.15) is 5.75 Å². The van der Waals surface area contributed by atoms with Gasteiger partial charge in [0.2, 0.25) is 10.0 Å². The largest absolute Gasteiger partial charge is 0.480 e. The van der Waals surface area contributed by atoms with Gasteiger partial charge in [-0.3, -0.25) is 20.4 Å². The normalized spacial score (nSPS) is 14.8. The summed E-state index contributed by atoms with van der Waals surface area (Å²) in [6, 6.07) is 22.0. The molecule has 0 saturated heterocycles. The molecule has 1 aliphatic heterocycles. The van der Waals surface area contributed by atoms with Crippen LogP contribution in [0.5, 0.6) is 5.75 Å². The zero-order valence-corrected chi connectivity index (χ0v) is 17.8. The standard InChI is InChI=1S/C23H21N3O5S/c27-22(25-26-23(28)21-14-17-9-4-5-12-20(17)31-21)18-10-6-11-19(13-18)32(29,30)24-15-16-7-2-1-3-8-16/h1-13,21,24H,14-15H2,(H,25,27)(H,26,28)/t21-/m1/s1. The molecule has 3 aromatic carbocycles. The summed E-state index contributed by atoms with van der Waals surface area (Å²) in [4.78, 5) is 24.7. The van der Waals surface area contributed by atoms with Gasteiger partial charge in [0.05, 0.1) is 4.90 Å². The zero-order valence-electron chi connectivity index (χ0n) is 16.9. The van der Waals surface area contributed by atoms with E-state index in [0.717, 1.165) is 11.1 Å². The molecule has 1 aliphatic rings. The summed E-state index contributed by atoms with van der Waals surface area (Å²) in [5, 5.41) is 0. The molecule has 0 unspecified atom stereocenters. The maximum absolute atomic E-state index is 12.6. The van der Waals surface area contributed by atoms with Gasteiger partial charge in [0, 0.05) is 18.5 Å². The van der Waals surface area contributed by atoms with Crippen molar-refractivity contribution in [1.29, 1.82) is 0 Å². The number of sulfonamides is 1. The summed E-state index contributed by atoms with van der Waals surface area (Å²) in [6.07, 6.45) is -0.347. The Bertz CT molecular complexity index is 1220. The molecule has 4 rings (SSSR count). The van der Waals surface area contributed by atoms with Gasteiger partial charge in [-0.2, -0.15) is 0 Å². The maximum atomic E-state index is 12.6. The fraction of sp³-hybridized carbons (Fsp3) is 0.130. The van der Waals surface area contributed by atoms with E-state index in [9.17, 15) is 18.0 Å². The van der Waals surface area contributed by atoms with Crippen molar-refractivity contribution < 1.29 is 22.7 Å². The molecule has 1 heterocycles. The van der Waals surface area contributed by atoms with Gasteiger partial charge in [-0.25, -0.2) is 13.1 Å². The van der Waals surface area contributed by atoms with Crippen molar-refractivity contribution >= 4 is 21.8 Å². The predicted octanol–water partition coefficient (Wildman–Crippen LogP) is 1.93. The Morgan fingerprint density at radius 2 is 1.66 bits per heavy atom. The van der Waals surface area contributed by atoms with E-state index in [1.165, 1.54) is 24.3 Å². The first-order valence-corrected chi connectivity index (χ1v) is 11.4. The summed E-state index contributed by atoms with van der Waals surface area (Å²) in [7, 11) is -3.83. The number of nitrogens with one attached hydrogen (secondary N) is 3. The summed E-state index contributed by atoms with van der Waals surface area (Å²) < 4.78 is 33.3. The minimum absolute atomic E-state index is 0.0537. The second kappa shape index (κ2) is 9.21. The molecule has 9 heteroatoms. The quantitative estimate of drug-likeness (QED) is 0.496. The number of para-hydroxylation sites is 1. The van der Waals surface area contributed by atoms with Crippen LogP contribution in [0.3, 0.4) is 0 Å². The fourth-order valence-electron chi connectivity index (χ4n) is 3.26. The van der Waals surface area contributed by atoms with E-state index in [0.29, 0.717) is 12.2 Å². The highest BCUT2D eigenvalue weighted by Crippen LogP contribution is 2.28. The highest BCUT2D eigenvalue weighted by atomic mass is 32.2. The molecular weight excluding hydrogens is 430 g/mol. The fourth-order valence-corrected chi connectivity index (χ4v) is 4.32. The number of carbonyl (C=O) groups is 2. The van der Waals surface area contributed by atoms with Crippen LogP contribution in [0.2, 0.25) is 0 Å². The van der Waals surface area contributed by atoms with Crippen LogP contribution >= 0.6 is 0 Å². The first-order chi connectivity index (χ1) is 15.4. The molecule has 3 N–H and O–H groups in total. The Labute approximate surface area is 185 Å². The Morgan fingerprint density at radius 3 is 2.44 bits per heavy atom. The lowest BCUT2D eigenvalue weighted by Gasteiger charge is -2.13. The van der Waals surface area contributed by atoms with Gasteiger partial charge in [-0.05, 0) is 35.4 Å². The average Bonchev–Trinajstić information content (AvgIpc) is 3.26. The molecule has 3 aromatic rings. The molecule has 0 fully saturated rings. The number of amides is 2. The molecule has 0 saturated carbocycles. The SMILES string of the molecule is O=C(NNC(=O)[C@H]1Cc2ccccc2O1)c1cccc(S(=O)(=O)NCc2ccccc2)c1. The van der Waals surface area contributed by atoms with Crippen molar-refractivity contribution in [2.75, 3.05) is 0 Å². The smallest absolute Gasteiger partial charge is 0.279 e. The van der Waals surface area contributed by atoms with Crippen molar-refractivity contribution in [3.8, 4) is 5.75 Å². The van der Waals surface area contributed by atoms with Gasteiger partial charge in [-0.1, -0.05) is 54.6 Å². The van der Waals surface area contributed by atoms with Gasteiger partial charge in [-0.15, -0.1) is 0 Å². The van der Waals surface area contributed by atoms with Crippen LogP contribution in [0.1, 0.15) is 21.5 Å². The van der Waals surface area contributed by atoms with Gasteiger partial charge < -0.3 is 4.74 Å².